The Bertz CT molecular complexity index is 980. The Kier molecular flexibility index (Phi) is 6.44. The number of benzene rings is 2. The van der Waals surface area contributed by atoms with Gasteiger partial charge in [0.15, 0.2) is 11.5 Å². The number of carbonyl (C=O) groups excluding carboxylic acids is 1. The van der Waals surface area contributed by atoms with Gasteiger partial charge in [0.1, 0.15) is 0 Å². The molecule has 29 heavy (non-hydrogen) atoms. The monoisotopic (exact) mass is 395 g/mol. The molecule has 2 aromatic carbocycles. The second kappa shape index (κ2) is 9.01. The lowest BCUT2D eigenvalue weighted by Crippen LogP contribution is -2.40. The van der Waals surface area contributed by atoms with Crippen molar-refractivity contribution in [3.05, 3.63) is 59.8 Å². The van der Waals surface area contributed by atoms with Crippen LogP contribution in [-0.4, -0.2) is 37.7 Å². The van der Waals surface area contributed by atoms with Crippen LogP contribution < -0.4 is 20.5 Å². The highest BCUT2D eigenvalue weighted by Crippen LogP contribution is 2.40. The molecule has 3 rings (SSSR count). The first kappa shape index (κ1) is 20.7. The average molecular weight is 396 g/mol. The summed E-state index contributed by atoms with van der Waals surface area (Å²) < 4.78 is 11.2. The number of hydrogen-bond donors (Lipinski definition) is 3. The van der Waals surface area contributed by atoms with E-state index < -0.39 is 0 Å². The molecular formula is C23H29N3O3. The maximum Gasteiger partial charge on any atom is 0.224 e. The Morgan fingerprint density at radius 3 is 2.52 bits per heavy atom. The maximum atomic E-state index is 12.6. The molecule has 0 fully saturated rings. The van der Waals surface area contributed by atoms with Crippen LogP contribution >= 0.6 is 0 Å². The second-order valence-corrected chi connectivity index (χ2v) is 7.32. The van der Waals surface area contributed by atoms with E-state index in [1.807, 2.05) is 56.4 Å². The molecule has 154 valence electrons. The summed E-state index contributed by atoms with van der Waals surface area (Å²) in [6.45, 7) is 4.10. The number of nitrogens with one attached hydrogen (secondary N) is 2. The molecule has 6 nitrogen and oxygen atoms in total. The van der Waals surface area contributed by atoms with Gasteiger partial charge in [-0.2, -0.15) is 0 Å². The van der Waals surface area contributed by atoms with Crippen molar-refractivity contribution in [2.45, 2.75) is 25.8 Å². The van der Waals surface area contributed by atoms with Crippen LogP contribution in [0.25, 0.3) is 10.9 Å². The van der Waals surface area contributed by atoms with Crippen LogP contribution in [0.15, 0.2) is 48.7 Å². The van der Waals surface area contributed by atoms with Gasteiger partial charge in [-0.1, -0.05) is 37.3 Å². The summed E-state index contributed by atoms with van der Waals surface area (Å²) in [7, 11) is 3.25. The van der Waals surface area contributed by atoms with Crippen molar-refractivity contribution in [2.24, 2.45) is 11.7 Å². The molecule has 3 aromatic rings. The Morgan fingerprint density at radius 2 is 1.83 bits per heavy atom. The van der Waals surface area contributed by atoms with Gasteiger partial charge in [0, 0.05) is 47.1 Å². The second-order valence-electron chi connectivity index (χ2n) is 7.32. The lowest BCUT2D eigenvalue weighted by molar-refractivity contribution is -0.124. The van der Waals surface area contributed by atoms with Crippen LogP contribution in [0.4, 0.5) is 0 Å². The highest BCUT2D eigenvalue weighted by atomic mass is 16.5. The largest absolute Gasteiger partial charge is 0.493 e. The minimum atomic E-state index is -0.272. The van der Waals surface area contributed by atoms with Crippen molar-refractivity contribution >= 4 is 16.8 Å². The number of rotatable bonds is 8. The summed E-state index contributed by atoms with van der Waals surface area (Å²) in [6, 6.07) is 13.7. The van der Waals surface area contributed by atoms with Crippen molar-refractivity contribution in [2.75, 3.05) is 20.8 Å². The summed E-state index contributed by atoms with van der Waals surface area (Å²) in [5.74, 6) is 0.864. The number of fused-ring (bicyclic) bond motifs is 1. The summed E-state index contributed by atoms with van der Waals surface area (Å²) in [5.41, 5.74) is 8.98. The zero-order chi connectivity index (χ0) is 21.0. The number of nitrogens with two attached hydrogens (primary N) is 1. The van der Waals surface area contributed by atoms with Gasteiger partial charge in [-0.3, -0.25) is 4.79 Å². The molecule has 6 heteroatoms. The van der Waals surface area contributed by atoms with Crippen molar-refractivity contribution in [1.29, 1.82) is 0 Å². The van der Waals surface area contributed by atoms with Crippen molar-refractivity contribution in [3.8, 4) is 11.5 Å². The number of aromatic nitrogens is 1. The van der Waals surface area contributed by atoms with E-state index in [4.69, 9.17) is 15.2 Å². The van der Waals surface area contributed by atoms with Crippen LogP contribution in [0.1, 0.15) is 30.9 Å². The van der Waals surface area contributed by atoms with E-state index in [0.717, 1.165) is 22.0 Å². The molecule has 1 aromatic heterocycles. The van der Waals surface area contributed by atoms with E-state index >= 15 is 0 Å². The van der Waals surface area contributed by atoms with Gasteiger partial charge in [-0.25, -0.2) is 0 Å². The number of carbonyl (C=O) groups is 1. The molecule has 0 aliphatic carbocycles. The van der Waals surface area contributed by atoms with Gasteiger partial charge < -0.3 is 25.5 Å². The molecular weight excluding hydrogens is 366 g/mol. The van der Waals surface area contributed by atoms with E-state index in [1.165, 1.54) is 0 Å². The normalized spacial score (nSPS) is 14.2. The third kappa shape index (κ3) is 4.22. The molecule has 4 N–H and O–H groups in total. The predicted octanol–water partition coefficient (Wildman–Crippen LogP) is 3.42. The molecule has 3 atom stereocenters. The standard InChI is InChI=1S/C23H29N3O3/c1-14(15(2)24)23(27)26-13-19(17-9-7-11-21(28-3)22(17)29-4)18-12-25-20-10-6-5-8-16(18)20/h5-12,14-15,19,25H,13,24H2,1-4H3,(H,26,27). The Balaban J connectivity index is 2.04. The first-order valence-corrected chi connectivity index (χ1v) is 9.78. The van der Waals surface area contributed by atoms with E-state index in [-0.39, 0.29) is 23.8 Å². The van der Waals surface area contributed by atoms with Gasteiger partial charge in [-0.15, -0.1) is 0 Å². The molecule has 1 amide bonds. The summed E-state index contributed by atoms with van der Waals surface area (Å²) in [5, 5.41) is 4.18. The zero-order valence-corrected chi connectivity index (χ0v) is 17.4. The fourth-order valence-electron chi connectivity index (χ4n) is 3.56. The fraction of sp³-hybridized carbons (Fsp3) is 0.348. The highest BCUT2D eigenvalue weighted by Gasteiger charge is 2.25. The van der Waals surface area contributed by atoms with Gasteiger partial charge in [0.25, 0.3) is 0 Å². The molecule has 0 aliphatic heterocycles. The Labute approximate surface area is 171 Å². The fourth-order valence-corrected chi connectivity index (χ4v) is 3.56. The first-order chi connectivity index (χ1) is 14.0. The van der Waals surface area contributed by atoms with Gasteiger partial charge in [-0.05, 0) is 24.6 Å². The summed E-state index contributed by atoms with van der Waals surface area (Å²) in [6.07, 6.45) is 2.00. The van der Waals surface area contributed by atoms with E-state index in [1.54, 1.807) is 14.2 Å². The van der Waals surface area contributed by atoms with E-state index in [9.17, 15) is 4.79 Å². The third-order valence-electron chi connectivity index (χ3n) is 5.49. The Morgan fingerprint density at radius 1 is 1.07 bits per heavy atom. The minimum absolute atomic E-state index is 0.0632. The lowest BCUT2D eigenvalue weighted by atomic mass is 9.89. The minimum Gasteiger partial charge on any atom is -0.493 e. The SMILES string of the molecule is COc1cccc(C(CNC(=O)C(C)C(C)N)c2c[nH]c3ccccc23)c1OC. The molecule has 0 aliphatic rings. The van der Waals surface area contributed by atoms with E-state index in [2.05, 4.69) is 16.4 Å². The molecule has 1 heterocycles. The predicted molar refractivity (Wildman–Crippen MR) is 116 cm³/mol. The summed E-state index contributed by atoms with van der Waals surface area (Å²) >= 11 is 0. The van der Waals surface area contributed by atoms with Crippen molar-refractivity contribution in [1.82, 2.24) is 10.3 Å². The topological polar surface area (TPSA) is 89.4 Å². The number of H-pyrrole nitrogens is 1. The molecule has 0 saturated heterocycles. The van der Waals surface area contributed by atoms with Crippen LogP contribution in [0.2, 0.25) is 0 Å². The Hall–Kier alpha value is -2.99. The zero-order valence-electron chi connectivity index (χ0n) is 17.4. The smallest absolute Gasteiger partial charge is 0.224 e. The molecule has 0 spiro atoms. The summed E-state index contributed by atoms with van der Waals surface area (Å²) in [4.78, 5) is 15.9. The highest BCUT2D eigenvalue weighted by molar-refractivity contribution is 5.85. The maximum absolute atomic E-state index is 12.6. The number of methoxy groups -OCH3 is 2. The number of aromatic amines is 1. The van der Waals surface area contributed by atoms with Gasteiger partial charge in [0.05, 0.1) is 14.2 Å². The number of amides is 1. The third-order valence-corrected chi connectivity index (χ3v) is 5.49. The average Bonchev–Trinajstić information content (AvgIpc) is 3.16. The molecule has 0 bridgehead atoms. The molecule has 0 radical (unpaired) electrons. The number of para-hydroxylation sites is 2. The van der Waals surface area contributed by atoms with Gasteiger partial charge >= 0.3 is 0 Å². The van der Waals surface area contributed by atoms with Crippen LogP contribution in [-0.2, 0) is 4.79 Å². The van der Waals surface area contributed by atoms with Crippen LogP contribution in [0.5, 0.6) is 11.5 Å². The molecule has 0 saturated carbocycles. The number of ether oxygens (including phenoxy) is 2. The first-order valence-electron chi connectivity index (χ1n) is 9.78. The van der Waals surface area contributed by atoms with Crippen LogP contribution in [0.3, 0.4) is 0 Å². The quantitative estimate of drug-likeness (QED) is 0.545. The van der Waals surface area contributed by atoms with Crippen molar-refractivity contribution in [3.63, 3.8) is 0 Å². The van der Waals surface area contributed by atoms with Crippen LogP contribution in [0, 0.1) is 5.92 Å². The van der Waals surface area contributed by atoms with Crippen molar-refractivity contribution < 1.29 is 14.3 Å². The molecule has 3 unspecified atom stereocenters. The lowest BCUT2D eigenvalue weighted by Gasteiger charge is -2.23. The van der Waals surface area contributed by atoms with Gasteiger partial charge in [0.2, 0.25) is 5.91 Å². The van der Waals surface area contributed by atoms with E-state index in [0.29, 0.717) is 18.0 Å². The number of hydrogen-bond acceptors (Lipinski definition) is 4.